The van der Waals surface area contributed by atoms with E-state index in [-0.39, 0.29) is 73.1 Å². The van der Waals surface area contributed by atoms with Crippen molar-refractivity contribution in [2.75, 3.05) is 105 Å². The number of benzene rings is 8. The van der Waals surface area contributed by atoms with Crippen molar-refractivity contribution in [2.45, 2.75) is 107 Å². The maximum atomic E-state index is 15.1. The molecule has 0 bridgehead atoms. The van der Waals surface area contributed by atoms with E-state index in [1.54, 1.807) is 93.4 Å². The van der Waals surface area contributed by atoms with Gasteiger partial charge in [0, 0.05) is 166 Å². The Balaban J connectivity index is 0.000000113. The second kappa shape index (κ2) is 34.1. The van der Waals surface area contributed by atoms with E-state index < -0.39 is 28.3 Å². The summed E-state index contributed by atoms with van der Waals surface area (Å²) in [5.74, 6) is 0.405. The van der Waals surface area contributed by atoms with E-state index in [1.807, 2.05) is 161 Å². The summed E-state index contributed by atoms with van der Waals surface area (Å²) in [7, 11) is 7.34. The lowest BCUT2D eigenvalue weighted by Crippen LogP contribution is -2.42. The second-order valence-electron chi connectivity index (χ2n) is 35.9. The monoisotopic (exact) mass is 1690 g/mol. The van der Waals surface area contributed by atoms with Gasteiger partial charge in [-0.05, 0) is 176 Å². The standard InChI is InChI=1S/C26H27FN4O.C26H29FN4O.C24H24F2N4O.C24H25FN4O/c1-29-15-21(13-28-29)19-8-9-20(23(27)12-19)16-31-24-5-3-2-4-22(24)26(25(31)32)10-11-30(17-26)14-18-6-7-18;1-18(2)14-30-11-10-26(17-30)22-6-4-5-7-24(22)31(25(26)32)16-20-9-8-19(12-23(20)27)21-13-28-29(3)15-21;1-28-14-19(13-27-28)17-6-7-18(21(26)12-17)15-30-22-5-3-2-4-20(22)24(23(30)31)8-10-29(16-24)11-9-25;1-3-28-11-10-24(16-28)20-6-4-5-7-22(20)29(23(24)30)15-18-9-8-17(12-21(18)25)19-13-26-27(2)14-19/h2-5,8-9,12-13,15,18H,6-7,10-11,14,16-17H2,1H3;4-9,12-13,15,18H,10-11,14,16-17H2,1-3H3;2-7,12-14H,8-11,15-16H2,1H3;4-9,12-14H,3,10-11,15-16H2,1-2H3. The second-order valence-corrected chi connectivity index (χ2v) is 35.9. The molecular formula is C100H105F5N16O4. The van der Waals surface area contributed by atoms with Crippen molar-refractivity contribution in [1.82, 2.24) is 58.7 Å². The molecule has 8 aromatic carbocycles. The number of rotatable bonds is 19. The van der Waals surface area contributed by atoms with E-state index in [1.165, 1.54) is 31.0 Å². The van der Waals surface area contributed by atoms with Crippen molar-refractivity contribution in [1.29, 1.82) is 0 Å². The van der Waals surface area contributed by atoms with E-state index in [0.29, 0.717) is 54.2 Å². The van der Waals surface area contributed by atoms with Crippen LogP contribution in [0.4, 0.5) is 44.7 Å². The molecule has 0 N–H and O–H groups in total. The van der Waals surface area contributed by atoms with E-state index in [0.717, 1.165) is 174 Å². The van der Waals surface area contributed by atoms with Crippen LogP contribution in [0.2, 0.25) is 0 Å². The summed E-state index contributed by atoms with van der Waals surface area (Å²) in [6, 6.07) is 52.6. The number of carbonyl (C=O) groups is 4. The van der Waals surface area contributed by atoms with Crippen LogP contribution >= 0.6 is 0 Å². The van der Waals surface area contributed by atoms with Gasteiger partial charge in [-0.25, -0.2) is 22.0 Å². The Morgan fingerprint density at radius 1 is 0.368 bits per heavy atom. The van der Waals surface area contributed by atoms with Crippen molar-refractivity contribution in [2.24, 2.45) is 40.0 Å². The number of likely N-dealkylation sites (tertiary alicyclic amines) is 4. The molecule has 4 unspecified atom stereocenters. The van der Waals surface area contributed by atoms with Crippen LogP contribution in [0.1, 0.15) is 104 Å². The SMILES string of the molecule is CC(C)CN1CCC2(C1)C(=O)N(Cc1ccc(-c3cnn(C)c3)cc1F)c1ccccc12.CCN1CCC2(C1)C(=O)N(Cc1ccc(-c3cnn(C)c3)cc1F)c1ccccc12.Cn1cc(-c2ccc(CN3C(=O)C4(CCN(CC5CC5)C4)c4ccccc43)c(F)c2)cn1.Cn1cc(-c2ccc(CN3C(=O)C4(CCN(CCF)C4)c4ccccc43)c(F)c2)cn1. The summed E-state index contributed by atoms with van der Waals surface area (Å²) >= 11 is 0. The van der Waals surface area contributed by atoms with Crippen molar-refractivity contribution >= 4 is 46.4 Å². The molecule has 1 aliphatic carbocycles. The predicted octanol–water partition coefficient (Wildman–Crippen LogP) is 15.9. The van der Waals surface area contributed by atoms with Gasteiger partial charge in [0.25, 0.3) is 0 Å². The number of likely N-dealkylation sites (N-methyl/N-ethyl adjacent to an activating group) is 1. The van der Waals surface area contributed by atoms with Gasteiger partial charge < -0.3 is 34.3 Å². The zero-order valence-electron chi connectivity index (χ0n) is 71.9. The quantitative estimate of drug-likeness (QED) is 0.0705. The van der Waals surface area contributed by atoms with Crippen LogP contribution in [0.25, 0.3) is 44.5 Å². The number of fused-ring (bicyclic) bond motifs is 8. The number of amides is 4. The third kappa shape index (κ3) is 15.9. The highest BCUT2D eigenvalue weighted by Crippen LogP contribution is 2.53. The van der Waals surface area contributed by atoms with Crippen LogP contribution in [0.5, 0.6) is 0 Å². The molecule has 20 nitrogen and oxygen atoms in total. The van der Waals surface area contributed by atoms with E-state index >= 15 is 17.6 Å². The fraction of sp³-hybridized carbons (Fsp3) is 0.360. The minimum atomic E-state index is -0.669. The summed E-state index contributed by atoms with van der Waals surface area (Å²) in [6.07, 6.45) is 20.0. The number of anilines is 4. The average Bonchev–Trinajstić information content (AvgIpc) is 1.58. The zero-order chi connectivity index (χ0) is 86.8. The summed E-state index contributed by atoms with van der Waals surface area (Å²) in [5, 5.41) is 16.6. The minimum absolute atomic E-state index is 0.0224. The third-order valence-corrected chi connectivity index (χ3v) is 27.2. The summed E-state index contributed by atoms with van der Waals surface area (Å²) in [6.45, 7) is 16.6. The predicted molar refractivity (Wildman–Crippen MR) is 475 cm³/mol. The van der Waals surface area contributed by atoms with E-state index in [2.05, 4.69) is 74.1 Å². The number of hydrogen-bond acceptors (Lipinski definition) is 12. The molecule has 4 spiro atoms. The zero-order valence-corrected chi connectivity index (χ0v) is 71.9. The van der Waals surface area contributed by atoms with Gasteiger partial charge in [-0.2, -0.15) is 20.4 Å². The van der Waals surface area contributed by atoms with E-state index in [4.69, 9.17) is 0 Å². The molecule has 4 saturated heterocycles. The Morgan fingerprint density at radius 2 is 0.648 bits per heavy atom. The Kier molecular flexibility index (Phi) is 22.9. The molecule has 5 fully saturated rings. The average molecular weight is 1690 g/mol. The molecule has 25 heteroatoms. The van der Waals surface area contributed by atoms with Crippen LogP contribution < -0.4 is 19.6 Å². The van der Waals surface area contributed by atoms with Crippen LogP contribution in [-0.2, 0) is 95.2 Å². The van der Waals surface area contributed by atoms with Gasteiger partial charge in [0.1, 0.15) is 29.9 Å². The number of para-hydroxylation sites is 4. The fourth-order valence-corrected chi connectivity index (χ4v) is 20.6. The Labute approximate surface area is 726 Å². The third-order valence-electron chi connectivity index (χ3n) is 27.2. The number of nitrogens with zero attached hydrogens (tertiary/aromatic N) is 16. The lowest BCUT2D eigenvalue weighted by atomic mass is 9.81. The molecule has 9 aliphatic rings. The molecule has 12 aromatic rings. The maximum absolute atomic E-state index is 15.1. The van der Waals surface area contributed by atoms with Gasteiger partial charge in [0.05, 0.1) is 72.6 Å². The number of hydrogen-bond donors (Lipinski definition) is 0. The molecule has 644 valence electrons. The van der Waals surface area contributed by atoms with Gasteiger partial charge in [-0.15, -0.1) is 0 Å². The van der Waals surface area contributed by atoms with Crippen molar-refractivity contribution in [3.05, 3.63) is 287 Å². The Hall–Kier alpha value is -12.0. The molecule has 0 radical (unpaired) electrons. The van der Waals surface area contributed by atoms with Gasteiger partial charge in [0.15, 0.2) is 0 Å². The molecule has 4 aromatic heterocycles. The number of aryl methyl sites for hydroxylation is 4. The van der Waals surface area contributed by atoms with Crippen LogP contribution in [0, 0.1) is 35.1 Å². The normalized spacial score (nSPS) is 21.3. The van der Waals surface area contributed by atoms with E-state index in [9.17, 15) is 23.6 Å². The summed E-state index contributed by atoms with van der Waals surface area (Å²) < 4.78 is 79.9. The molecular weight excluding hydrogens is 1580 g/mol. The molecule has 8 aliphatic heterocycles. The number of alkyl halides is 1. The number of carbonyl (C=O) groups excluding carboxylic acids is 4. The summed E-state index contributed by atoms with van der Waals surface area (Å²) in [5.41, 5.74) is 14.3. The molecule has 12 heterocycles. The topological polar surface area (TPSA) is 165 Å². The van der Waals surface area contributed by atoms with Crippen molar-refractivity contribution in [3.63, 3.8) is 0 Å². The van der Waals surface area contributed by atoms with Gasteiger partial charge >= 0.3 is 0 Å². The largest absolute Gasteiger partial charge is 0.307 e. The first-order valence-electron chi connectivity index (χ1n) is 43.7. The lowest BCUT2D eigenvalue weighted by Gasteiger charge is -2.25. The Morgan fingerprint density at radius 3 is 0.920 bits per heavy atom. The smallest absolute Gasteiger partial charge is 0.239 e. The van der Waals surface area contributed by atoms with Crippen molar-refractivity contribution < 1.29 is 41.1 Å². The molecule has 125 heavy (non-hydrogen) atoms. The van der Waals surface area contributed by atoms with Gasteiger partial charge in [0.2, 0.25) is 23.6 Å². The molecule has 4 atom stereocenters. The highest BCUT2D eigenvalue weighted by atomic mass is 19.1. The first kappa shape index (κ1) is 83.8. The van der Waals surface area contributed by atoms with Crippen molar-refractivity contribution in [3.8, 4) is 44.5 Å². The van der Waals surface area contributed by atoms with Gasteiger partial charge in [-0.3, -0.25) is 42.8 Å². The lowest BCUT2D eigenvalue weighted by molar-refractivity contribution is -0.123. The molecule has 1 saturated carbocycles. The van der Waals surface area contributed by atoms with Crippen LogP contribution in [-0.4, -0.2) is 168 Å². The first-order chi connectivity index (χ1) is 60.4. The summed E-state index contributed by atoms with van der Waals surface area (Å²) in [4.78, 5) is 71.1. The highest BCUT2D eigenvalue weighted by Gasteiger charge is 2.58. The number of halogens is 5. The maximum Gasteiger partial charge on any atom is 0.239 e. The highest BCUT2D eigenvalue weighted by molar-refractivity contribution is 6.11. The van der Waals surface area contributed by atoms with Gasteiger partial charge in [-0.1, -0.05) is 142 Å². The van der Waals surface area contributed by atoms with Crippen LogP contribution in [0.3, 0.4) is 0 Å². The fourth-order valence-electron chi connectivity index (χ4n) is 20.6. The van der Waals surface area contributed by atoms with Crippen LogP contribution in [0.15, 0.2) is 219 Å². The first-order valence-corrected chi connectivity index (χ1v) is 43.7. The minimum Gasteiger partial charge on any atom is -0.307 e. The number of aromatic nitrogens is 8. The Bertz CT molecular complexity index is 5920. The molecule has 21 rings (SSSR count). The molecule has 4 amide bonds.